The first-order valence-electron chi connectivity index (χ1n) is 5.13. The Morgan fingerprint density at radius 2 is 1.79 bits per heavy atom. The third-order valence-corrected chi connectivity index (χ3v) is 2.43. The van der Waals surface area contributed by atoms with Gasteiger partial charge in [-0.1, -0.05) is 30.3 Å². The number of rotatable bonds is 2. The molecular formula is C12H16N2. The number of piperazine rings is 1. The van der Waals surface area contributed by atoms with E-state index < -0.39 is 0 Å². The van der Waals surface area contributed by atoms with E-state index in [9.17, 15) is 0 Å². The number of nitrogens with one attached hydrogen (secondary N) is 1. The van der Waals surface area contributed by atoms with Crippen LogP contribution < -0.4 is 5.32 Å². The first-order valence-corrected chi connectivity index (χ1v) is 5.13. The normalized spacial score (nSPS) is 17.6. The van der Waals surface area contributed by atoms with Crippen LogP contribution in [-0.2, 0) is 0 Å². The Hall–Kier alpha value is -1.28. The molecular weight excluding hydrogens is 172 g/mol. The van der Waals surface area contributed by atoms with Gasteiger partial charge in [-0.25, -0.2) is 0 Å². The minimum atomic E-state index is 1.10. The molecule has 0 radical (unpaired) electrons. The predicted molar refractivity (Wildman–Crippen MR) is 59.9 cm³/mol. The Morgan fingerprint density at radius 1 is 1.07 bits per heavy atom. The fourth-order valence-electron chi connectivity index (χ4n) is 1.59. The summed E-state index contributed by atoms with van der Waals surface area (Å²) in [4.78, 5) is 2.35. The number of hydrogen-bond acceptors (Lipinski definition) is 2. The van der Waals surface area contributed by atoms with Crippen LogP contribution in [0.15, 0.2) is 36.5 Å². The van der Waals surface area contributed by atoms with E-state index in [2.05, 4.69) is 46.8 Å². The van der Waals surface area contributed by atoms with Crippen LogP contribution in [-0.4, -0.2) is 31.1 Å². The van der Waals surface area contributed by atoms with Gasteiger partial charge in [0.25, 0.3) is 0 Å². The molecule has 1 fully saturated rings. The van der Waals surface area contributed by atoms with Crippen molar-refractivity contribution in [3.63, 3.8) is 0 Å². The van der Waals surface area contributed by atoms with Crippen molar-refractivity contribution in [2.75, 3.05) is 26.2 Å². The summed E-state index contributed by atoms with van der Waals surface area (Å²) in [6.07, 6.45) is 4.36. The molecule has 1 aliphatic heterocycles. The minimum absolute atomic E-state index is 1.10. The van der Waals surface area contributed by atoms with Gasteiger partial charge in [-0.15, -0.1) is 0 Å². The number of nitrogens with zero attached hydrogens (tertiary/aromatic N) is 1. The maximum absolute atomic E-state index is 3.34. The molecule has 14 heavy (non-hydrogen) atoms. The maximum atomic E-state index is 3.34. The molecule has 1 aromatic carbocycles. The van der Waals surface area contributed by atoms with Gasteiger partial charge < -0.3 is 10.2 Å². The first kappa shape index (κ1) is 9.28. The van der Waals surface area contributed by atoms with Crippen molar-refractivity contribution in [1.82, 2.24) is 10.2 Å². The van der Waals surface area contributed by atoms with E-state index in [4.69, 9.17) is 0 Å². The molecule has 2 rings (SSSR count). The first-order chi connectivity index (χ1) is 6.95. The topological polar surface area (TPSA) is 15.3 Å². The summed E-state index contributed by atoms with van der Waals surface area (Å²) < 4.78 is 0. The molecule has 0 aromatic heterocycles. The molecule has 1 aliphatic rings. The Morgan fingerprint density at radius 3 is 2.50 bits per heavy atom. The van der Waals surface area contributed by atoms with Crippen molar-refractivity contribution in [2.24, 2.45) is 0 Å². The molecule has 0 spiro atoms. The summed E-state index contributed by atoms with van der Waals surface area (Å²) in [5.41, 5.74) is 1.27. The molecule has 1 heterocycles. The Labute approximate surface area is 85.2 Å². The van der Waals surface area contributed by atoms with Crippen LogP contribution in [0.5, 0.6) is 0 Å². The van der Waals surface area contributed by atoms with Crippen molar-refractivity contribution in [1.29, 1.82) is 0 Å². The maximum Gasteiger partial charge on any atom is 0.0298 e. The Bertz CT molecular complexity index is 286. The highest BCUT2D eigenvalue weighted by Crippen LogP contribution is 2.03. The van der Waals surface area contributed by atoms with Gasteiger partial charge in [0, 0.05) is 26.2 Å². The summed E-state index contributed by atoms with van der Waals surface area (Å²) in [7, 11) is 0. The largest absolute Gasteiger partial charge is 0.375 e. The summed E-state index contributed by atoms with van der Waals surface area (Å²) in [5.74, 6) is 0. The lowest BCUT2D eigenvalue weighted by Crippen LogP contribution is -2.40. The average molecular weight is 188 g/mol. The SMILES string of the molecule is C(=CN1CCNCC1)c1ccccc1. The molecule has 1 saturated heterocycles. The highest BCUT2D eigenvalue weighted by Gasteiger charge is 2.03. The zero-order valence-corrected chi connectivity index (χ0v) is 8.32. The smallest absolute Gasteiger partial charge is 0.0298 e. The van der Waals surface area contributed by atoms with Gasteiger partial charge in [-0.2, -0.15) is 0 Å². The molecule has 74 valence electrons. The van der Waals surface area contributed by atoms with Crippen molar-refractivity contribution >= 4 is 6.08 Å². The second-order valence-electron chi connectivity index (χ2n) is 3.51. The number of hydrogen-bond donors (Lipinski definition) is 1. The fraction of sp³-hybridized carbons (Fsp3) is 0.333. The lowest BCUT2D eigenvalue weighted by atomic mass is 10.2. The van der Waals surface area contributed by atoms with E-state index >= 15 is 0 Å². The molecule has 1 N–H and O–H groups in total. The molecule has 0 unspecified atom stereocenters. The van der Waals surface area contributed by atoms with Gasteiger partial charge in [0.05, 0.1) is 0 Å². The van der Waals surface area contributed by atoms with Crippen LogP contribution in [0.1, 0.15) is 5.56 Å². The molecule has 1 aromatic rings. The van der Waals surface area contributed by atoms with E-state index in [-0.39, 0.29) is 0 Å². The zero-order chi connectivity index (χ0) is 9.64. The van der Waals surface area contributed by atoms with Crippen LogP contribution in [0.4, 0.5) is 0 Å². The average Bonchev–Trinajstić information content (AvgIpc) is 2.29. The third-order valence-electron chi connectivity index (χ3n) is 2.43. The zero-order valence-electron chi connectivity index (χ0n) is 8.32. The predicted octanol–water partition coefficient (Wildman–Crippen LogP) is 1.56. The summed E-state index contributed by atoms with van der Waals surface area (Å²) in [6, 6.07) is 10.4. The van der Waals surface area contributed by atoms with Crippen molar-refractivity contribution in [2.45, 2.75) is 0 Å². The standard InChI is InChI=1S/C12H16N2/c1-2-4-12(5-3-1)6-9-14-10-7-13-8-11-14/h1-6,9,13H,7-8,10-11H2. The van der Waals surface area contributed by atoms with Gasteiger partial charge in [0.15, 0.2) is 0 Å². The van der Waals surface area contributed by atoms with Crippen LogP contribution >= 0.6 is 0 Å². The second-order valence-corrected chi connectivity index (χ2v) is 3.51. The van der Waals surface area contributed by atoms with Crippen molar-refractivity contribution < 1.29 is 0 Å². The fourth-order valence-corrected chi connectivity index (χ4v) is 1.59. The van der Waals surface area contributed by atoms with Gasteiger partial charge in [0.2, 0.25) is 0 Å². The Balaban J connectivity index is 1.93. The highest BCUT2D eigenvalue weighted by atomic mass is 15.2. The van der Waals surface area contributed by atoms with E-state index in [1.807, 2.05) is 6.07 Å². The second kappa shape index (κ2) is 4.82. The molecule has 0 amide bonds. The summed E-state index contributed by atoms with van der Waals surface area (Å²) in [5, 5.41) is 3.34. The monoisotopic (exact) mass is 188 g/mol. The van der Waals surface area contributed by atoms with E-state index in [0.717, 1.165) is 26.2 Å². The lowest BCUT2D eigenvalue weighted by Gasteiger charge is -2.25. The van der Waals surface area contributed by atoms with Crippen molar-refractivity contribution in [3.05, 3.63) is 42.1 Å². The highest BCUT2D eigenvalue weighted by molar-refractivity contribution is 5.48. The van der Waals surface area contributed by atoms with Gasteiger partial charge in [0.1, 0.15) is 0 Å². The van der Waals surface area contributed by atoms with Gasteiger partial charge in [-0.3, -0.25) is 0 Å². The van der Waals surface area contributed by atoms with Crippen LogP contribution in [0.2, 0.25) is 0 Å². The molecule has 0 bridgehead atoms. The van der Waals surface area contributed by atoms with Crippen LogP contribution in [0.25, 0.3) is 6.08 Å². The van der Waals surface area contributed by atoms with E-state index in [1.54, 1.807) is 0 Å². The quantitative estimate of drug-likeness (QED) is 0.757. The van der Waals surface area contributed by atoms with Crippen LogP contribution in [0.3, 0.4) is 0 Å². The van der Waals surface area contributed by atoms with Gasteiger partial charge in [-0.05, 0) is 17.8 Å². The molecule has 0 aliphatic carbocycles. The van der Waals surface area contributed by atoms with Crippen molar-refractivity contribution in [3.8, 4) is 0 Å². The van der Waals surface area contributed by atoms with E-state index in [1.165, 1.54) is 5.56 Å². The molecule has 0 saturated carbocycles. The van der Waals surface area contributed by atoms with E-state index in [0.29, 0.717) is 0 Å². The van der Waals surface area contributed by atoms with Crippen LogP contribution in [0, 0.1) is 0 Å². The third kappa shape index (κ3) is 2.60. The Kier molecular flexibility index (Phi) is 3.19. The molecule has 2 nitrogen and oxygen atoms in total. The summed E-state index contributed by atoms with van der Waals surface area (Å²) >= 11 is 0. The number of benzene rings is 1. The molecule has 2 heteroatoms. The minimum Gasteiger partial charge on any atom is -0.375 e. The molecule has 0 atom stereocenters. The summed E-state index contributed by atoms with van der Waals surface area (Å²) in [6.45, 7) is 4.42. The lowest BCUT2D eigenvalue weighted by molar-refractivity contribution is 0.326. The van der Waals surface area contributed by atoms with Gasteiger partial charge >= 0.3 is 0 Å².